The number of guanidine groups is 1. The lowest BCUT2D eigenvalue weighted by Crippen LogP contribution is -2.44. The maximum Gasteiger partial charge on any atom is 0.190 e. The van der Waals surface area contributed by atoms with E-state index in [1.807, 2.05) is 14.0 Å². The minimum absolute atomic E-state index is 0.725. The lowest BCUT2D eigenvalue weighted by atomic mass is 9.99. The number of thiazole rings is 1. The Kier molecular flexibility index (Phi) is 6.45. The smallest absolute Gasteiger partial charge is 0.190 e. The zero-order chi connectivity index (χ0) is 15.1. The van der Waals surface area contributed by atoms with Crippen LogP contribution in [0.25, 0.3) is 0 Å². The molecule has 1 aromatic heterocycles. The maximum atomic E-state index is 4.47. The first-order valence-corrected chi connectivity index (χ1v) is 8.59. The van der Waals surface area contributed by atoms with Crippen molar-refractivity contribution in [3.05, 3.63) is 16.1 Å². The van der Waals surface area contributed by atoms with Crippen molar-refractivity contribution in [2.45, 2.75) is 26.2 Å². The normalized spacial score (nSPS) is 20.5. The molecule has 1 aromatic rings. The molecule has 1 aliphatic rings. The van der Waals surface area contributed by atoms with Crippen LogP contribution < -0.4 is 10.6 Å². The third kappa shape index (κ3) is 5.63. The summed E-state index contributed by atoms with van der Waals surface area (Å²) >= 11 is 1.71. The van der Waals surface area contributed by atoms with Gasteiger partial charge < -0.3 is 15.5 Å². The molecule has 1 aliphatic heterocycles. The lowest BCUT2D eigenvalue weighted by molar-refractivity contribution is 0.210. The minimum Gasteiger partial charge on any atom is -0.356 e. The van der Waals surface area contributed by atoms with Gasteiger partial charge in [-0.2, -0.15) is 0 Å². The Hall–Kier alpha value is -1.14. The summed E-state index contributed by atoms with van der Waals surface area (Å²) in [5, 5.41) is 10.1. The van der Waals surface area contributed by atoms with E-state index in [0.717, 1.165) is 42.1 Å². The number of aromatic nitrogens is 1. The van der Waals surface area contributed by atoms with E-state index in [-0.39, 0.29) is 0 Å². The Labute approximate surface area is 131 Å². The van der Waals surface area contributed by atoms with Crippen molar-refractivity contribution in [3.8, 4) is 0 Å². The number of nitrogens with one attached hydrogen (secondary N) is 2. The summed E-state index contributed by atoms with van der Waals surface area (Å²) in [5.74, 6) is 1.62. The van der Waals surface area contributed by atoms with Crippen molar-refractivity contribution >= 4 is 17.3 Å². The summed E-state index contributed by atoms with van der Waals surface area (Å²) in [5.41, 5.74) is 1.16. The second-order valence-corrected chi connectivity index (χ2v) is 6.82. The van der Waals surface area contributed by atoms with Crippen molar-refractivity contribution in [1.82, 2.24) is 20.5 Å². The van der Waals surface area contributed by atoms with Crippen molar-refractivity contribution in [3.63, 3.8) is 0 Å². The van der Waals surface area contributed by atoms with Gasteiger partial charge in [-0.25, -0.2) is 4.98 Å². The zero-order valence-corrected chi connectivity index (χ0v) is 14.2. The van der Waals surface area contributed by atoms with Crippen LogP contribution in [0.2, 0.25) is 0 Å². The van der Waals surface area contributed by atoms with Crippen molar-refractivity contribution < 1.29 is 0 Å². The molecular weight excluding hydrogens is 282 g/mol. The zero-order valence-electron chi connectivity index (χ0n) is 13.4. The number of aryl methyl sites for hydroxylation is 1. The molecule has 2 heterocycles. The third-order valence-corrected chi connectivity index (χ3v) is 4.67. The molecule has 118 valence electrons. The molecule has 1 atom stereocenters. The molecule has 0 bridgehead atoms. The molecule has 2 rings (SSSR count). The van der Waals surface area contributed by atoms with Crippen LogP contribution in [0.4, 0.5) is 0 Å². The second kappa shape index (κ2) is 8.34. The average molecular weight is 309 g/mol. The summed E-state index contributed by atoms with van der Waals surface area (Å²) in [4.78, 5) is 11.2. The predicted octanol–water partition coefficient (Wildman–Crippen LogP) is 1.50. The summed E-state index contributed by atoms with van der Waals surface area (Å²) in [7, 11) is 4.03. The van der Waals surface area contributed by atoms with Crippen molar-refractivity contribution in [1.29, 1.82) is 0 Å². The number of likely N-dealkylation sites (tertiary alicyclic amines) is 1. The Balaban J connectivity index is 1.66. The number of rotatable bonds is 5. The van der Waals surface area contributed by atoms with Crippen LogP contribution in [0.3, 0.4) is 0 Å². The Morgan fingerprint density at radius 1 is 1.52 bits per heavy atom. The quantitative estimate of drug-likeness (QED) is 0.639. The molecule has 21 heavy (non-hydrogen) atoms. The van der Waals surface area contributed by atoms with Gasteiger partial charge in [0.1, 0.15) is 0 Å². The highest BCUT2D eigenvalue weighted by molar-refractivity contribution is 7.09. The van der Waals surface area contributed by atoms with E-state index >= 15 is 0 Å². The van der Waals surface area contributed by atoms with Gasteiger partial charge in [0, 0.05) is 38.5 Å². The van der Waals surface area contributed by atoms with Gasteiger partial charge in [-0.3, -0.25) is 4.99 Å². The van der Waals surface area contributed by atoms with E-state index < -0.39 is 0 Å². The van der Waals surface area contributed by atoms with Crippen molar-refractivity contribution in [2.24, 2.45) is 10.9 Å². The van der Waals surface area contributed by atoms with Crippen LogP contribution >= 0.6 is 11.3 Å². The number of piperidine rings is 1. The summed E-state index contributed by atoms with van der Waals surface area (Å²) in [6.07, 6.45) is 3.56. The van der Waals surface area contributed by atoms with E-state index in [1.54, 1.807) is 11.3 Å². The lowest BCUT2D eigenvalue weighted by Gasteiger charge is -2.30. The molecule has 5 nitrogen and oxygen atoms in total. The topological polar surface area (TPSA) is 52.6 Å². The highest BCUT2D eigenvalue weighted by Crippen LogP contribution is 2.13. The van der Waals surface area contributed by atoms with Gasteiger partial charge in [0.15, 0.2) is 5.96 Å². The van der Waals surface area contributed by atoms with Gasteiger partial charge in [0.25, 0.3) is 0 Å². The molecule has 0 aromatic carbocycles. The Morgan fingerprint density at radius 2 is 2.38 bits per heavy atom. The average Bonchev–Trinajstić information content (AvgIpc) is 2.88. The van der Waals surface area contributed by atoms with E-state index in [9.17, 15) is 0 Å². The number of nitrogens with zero attached hydrogens (tertiary/aromatic N) is 3. The molecule has 0 amide bonds. The Morgan fingerprint density at radius 3 is 3.05 bits per heavy atom. The van der Waals surface area contributed by atoms with Crippen LogP contribution in [0.1, 0.15) is 23.5 Å². The monoisotopic (exact) mass is 309 g/mol. The first-order chi connectivity index (χ1) is 10.2. The van der Waals surface area contributed by atoms with E-state index in [1.165, 1.54) is 25.9 Å². The number of hydrogen-bond acceptors (Lipinski definition) is 4. The summed E-state index contributed by atoms with van der Waals surface area (Å²) in [6.45, 7) is 6.33. The third-order valence-electron chi connectivity index (χ3n) is 3.84. The molecule has 0 radical (unpaired) electrons. The van der Waals surface area contributed by atoms with Crippen LogP contribution in [-0.2, 0) is 6.42 Å². The van der Waals surface area contributed by atoms with Crippen molar-refractivity contribution in [2.75, 3.05) is 40.3 Å². The Bertz CT molecular complexity index is 457. The standard InChI is InChI=1S/C15H27N5S/c1-12-19-14(11-21-12)6-7-17-15(16-2)18-9-13-5-4-8-20(3)10-13/h11,13H,4-10H2,1-3H3,(H2,16,17,18). The predicted molar refractivity (Wildman–Crippen MR) is 90.1 cm³/mol. The highest BCUT2D eigenvalue weighted by Gasteiger charge is 2.17. The van der Waals surface area contributed by atoms with Gasteiger partial charge in [0.05, 0.1) is 10.7 Å². The van der Waals surface area contributed by atoms with Crippen LogP contribution in [0.5, 0.6) is 0 Å². The first kappa shape index (κ1) is 16.2. The van der Waals surface area contributed by atoms with Gasteiger partial charge in [-0.15, -0.1) is 11.3 Å². The fourth-order valence-electron chi connectivity index (χ4n) is 2.73. The first-order valence-electron chi connectivity index (χ1n) is 7.71. The highest BCUT2D eigenvalue weighted by atomic mass is 32.1. The van der Waals surface area contributed by atoms with E-state index in [2.05, 4.69) is 37.9 Å². The molecule has 0 aliphatic carbocycles. The fraction of sp³-hybridized carbons (Fsp3) is 0.733. The van der Waals surface area contributed by atoms with E-state index in [0.29, 0.717) is 0 Å². The molecule has 1 unspecified atom stereocenters. The van der Waals surface area contributed by atoms with Gasteiger partial charge >= 0.3 is 0 Å². The molecule has 0 spiro atoms. The largest absolute Gasteiger partial charge is 0.356 e. The molecule has 0 saturated carbocycles. The second-order valence-electron chi connectivity index (χ2n) is 5.76. The molecule has 6 heteroatoms. The van der Waals surface area contributed by atoms with Crippen LogP contribution in [0, 0.1) is 12.8 Å². The summed E-state index contributed by atoms with van der Waals surface area (Å²) in [6, 6.07) is 0. The summed E-state index contributed by atoms with van der Waals surface area (Å²) < 4.78 is 0. The molecule has 2 N–H and O–H groups in total. The molecule has 1 saturated heterocycles. The van der Waals surface area contributed by atoms with Crippen LogP contribution in [0.15, 0.2) is 10.4 Å². The van der Waals surface area contributed by atoms with E-state index in [4.69, 9.17) is 0 Å². The van der Waals surface area contributed by atoms with Gasteiger partial charge in [0.2, 0.25) is 0 Å². The van der Waals surface area contributed by atoms with Crippen LogP contribution in [-0.4, -0.2) is 56.1 Å². The van der Waals surface area contributed by atoms with Gasteiger partial charge in [-0.1, -0.05) is 0 Å². The maximum absolute atomic E-state index is 4.47. The molecular formula is C15H27N5S. The number of hydrogen-bond donors (Lipinski definition) is 2. The number of aliphatic imine (C=N–C) groups is 1. The molecule has 1 fully saturated rings. The van der Waals surface area contributed by atoms with Gasteiger partial charge in [-0.05, 0) is 39.3 Å². The SMILES string of the molecule is CN=C(NCCc1csc(C)n1)NCC1CCCN(C)C1. The fourth-order valence-corrected chi connectivity index (χ4v) is 3.38. The minimum atomic E-state index is 0.725.